The highest BCUT2D eigenvalue weighted by Crippen LogP contribution is 2.29. The maximum atomic E-state index is 3.62. The van der Waals surface area contributed by atoms with Gasteiger partial charge in [-0.3, -0.25) is 0 Å². The fourth-order valence-corrected chi connectivity index (χ4v) is 4.02. The van der Waals surface area contributed by atoms with E-state index in [2.05, 4.69) is 64.6 Å². The van der Waals surface area contributed by atoms with E-state index in [1.807, 2.05) is 7.05 Å². The number of aryl methyl sites for hydroxylation is 3. The van der Waals surface area contributed by atoms with Gasteiger partial charge in [0.15, 0.2) is 0 Å². The summed E-state index contributed by atoms with van der Waals surface area (Å²) in [5.74, 6) is 0. The molecule has 0 radical (unpaired) electrons. The van der Waals surface area contributed by atoms with E-state index in [0.29, 0.717) is 0 Å². The van der Waals surface area contributed by atoms with Gasteiger partial charge in [-0.2, -0.15) is 0 Å². The van der Waals surface area contributed by atoms with Crippen molar-refractivity contribution in [2.24, 2.45) is 0 Å². The van der Waals surface area contributed by atoms with Crippen LogP contribution in [0.3, 0.4) is 0 Å². The predicted molar refractivity (Wildman–Crippen MR) is 92.9 cm³/mol. The van der Waals surface area contributed by atoms with Crippen molar-refractivity contribution >= 4 is 15.9 Å². The molecule has 0 amide bonds. The SMILES string of the molecule is CNC(c1cc(C)cc(Br)c1)c1ccc2c(c1)CCCC2. The third-order valence-electron chi connectivity index (χ3n) is 4.39. The smallest absolute Gasteiger partial charge is 0.0574 e. The first kappa shape index (κ1) is 14.8. The molecule has 0 aliphatic heterocycles. The Bertz CT molecular complexity index is 628. The number of rotatable bonds is 3. The topological polar surface area (TPSA) is 12.0 Å². The Hall–Kier alpha value is -1.12. The monoisotopic (exact) mass is 343 g/mol. The minimum atomic E-state index is 0.258. The minimum absolute atomic E-state index is 0.258. The van der Waals surface area contributed by atoms with E-state index in [0.717, 1.165) is 4.47 Å². The second-order valence-corrected chi connectivity index (χ2v) is 6.93. The van der Waals surface area contributed by atoms with Gasteiger partial charge in [-0.15, -0.1) is 0 Å². The van der Waals surface area contributed by atoms with E-state index in [4.69, 9.17) is 0 Å². The molecular formula is C19H22BrN. The summed E-state index contributed by atoms with van der Waals surface area (Å²) in [7, 11) is 2.04. The predicted octanol–water partition coefficient (Wildman–Crippen LogP) is 4.95. The van der Waals surface area contributed by atoms with Crippen molar-refractivity contribution in [3.8, 4) is 0 Å². The molecule has 2 aromatic carbocycles. The molecule has 2 aromatic rings. The van der Waals surface area contributed by atoms with Gasteiger partial charge < -0.3 is 5.32 Å². The van der Waals surface area contributed by atoms with Crippen LogP contribution in [0.25, 0.3) is 0 Å². The zero-order chi connectivity index (χ0) is 14.8. The van der Waals surface area contributed by atoms with E-state index >= 15 is 0 Å². The lowest BCUT2D eigenvalue weighted by Gasteiger charge is -2.22. The van der Waals surface area contributed by atoms with Gasteiger partial charge >= 0.3 is 0 Å². The summed E-state index contributed by atoms with van der Waals surface area (Å²) in [5, 5.41) is 3.48. The van der Waals surface area contributed by atoms with Crippen LogP contribution in [0.5, 0.6) is 0 Å². The average molecular weight is 344 g/mol. The molecule has 1 atom stereocenters. The molecule has 0 bridgehead atoms. The highest BCUT2D eigenvalue weighted by Gasteiger charge is 2.16. The maximum Gasteiger partial charge on any atom is 0.0574 e. The number of benzene rings is 2. The summed E-state index contributed by atoms with van der Waals surface area (Å²) < 4.78 is 1.15. The second-order valence-electron chi connectivity index (χ2n) is 6.02. The van der Waals surface area contributed by atoms with Crippen molar-refractivity contribution in [3.63, 3.8) is 0 Å². The van der Waals surface area contributed by atoms with Crippen LogP contribution in [0.2, 0.25) is 0 Å². The van der Waals surface area contributed by atoms with Crippen LogP contribution in [-0.4, -0.2) is 7.05 Å². The van der Waals surface area contributed by atoms with Crippen molar-refractivity contribution < 1.29 is 0 Å². The molecule has 3 rings (SSSR count). The first-order valence-corrected chi connectivity index (χ1v) is 8.53. The van der Waals surface area contributed by atoms with E-state index in [1.165, 1.54) is 42.4 Å². The Balaban J connectivity index is 1.99. The van der Waals surface area contributed by atoms with Crippen LogP contribution in [0.1, 0.15) is 46.7 Å². The molecule has 2 heteroatoms. The Morgan fingerprint density at radius 3 is 2.43 bits per heavy atom. The van der Waals surface area contributed by atoms with Gasteiger partial charge in [0, 0.05) is 4.47 Å². The summed E-state index contributed by atoms with van der Waals surface area (Å²) >= 11 is 3.62. The zero-order valence-electron chi connectivity index (χ0n) is 12.7. The molecule has 21 heavy (non-hydrogen) atoms. The molecule has 1 unspecified atom stereocenters. The summed E-state index contributed by atoms with van der Waals surface area (Å²) in [6.07, 6.45) is 5.15. The van der Waals surface area contributed by atoms with Crippen LogP contribution < -0.4 is 5.32 Å². The van der Waals surface area contributed by atoms with Gasteiger partial charge in [0.1, 0.15) is 0 Å². The highest BCUT2D eigenvalue weighted by atomic mass is 79.9. The van der Waals surface area contributed by atoms with Crippen molar-refractivity contribution in [3.05, 3.63) is 68.7 Å². The number of hydrogen-bond acceptors (Lipinski definition) is 1. The Kier molecular flexibility index (Phi) is 4.46. The molecule has 0 aromatic heterocycles. The first-order chi connectivity index (χ1) is 10.2. The van der Waals surface area contributed by atoms with E-state index in [9.17, 15) is 0 Å². The van der Waals surface area contributed by atoms with Gasteiger partial charge in [0.25, 0.3) is 0 Å². The van der Waals surface area contributed by atoms with Crippen LogP contribution in [0, 0.1) is 6.92 Å². The molecule has 110 valence electrons. The van der Waals surface area contributed by atoms with Gasteiger partial charge in [-0.05, 0) is 79.6 Å². The van der Waals surface area contributed by atoms with Gasteiger partial charge in [0.2, 0.25) is 0 Å². The summed E-state index contributed by atoms with van der Waals surface area (Å²) in [6, 6.07) is 13.9. The quantitative estimate of drug-likeness (QED) is 0.831. The molecule has 1 aliphatic carbocycles. The third-order valence-corrected chi connectivity index (χ3v) is 4.85. The number of halogens is 1. The Morgan fingerprint density at radius 1 is 0.952 bits per heavy atom. The molecule has 0 fully saturated rings. The van der Waals surface area contributed by atoms with E-state index in [1.54, 1.807) is 11.1 Å². The first-order valence-electron chi connectivity index (χ1n) is 7.73. The lowest BCUT2D eigenvalue weighted by Crippen LogP contribution is -2.18. The number of hydrogen-bond donors (Lipinski definition) is 1. The zero-order valence-corrected chi connectivity index (χ0v) is 14.3. The summed E-state index contributed by atoms with van der Waals surface area (Å²) in [5.41, 5.74) is 7.07. The summed E-state index contributed by atoms with van der Waals surface area (Å²) in [4.78, 5) is 0. The average Bonchev–Trinajstić information content (AvgIpc) is 2.47. The normalized spacial score (nSPS) is 15.6. The lowest BCUT2D eigenvalue weighted by atomic mass is 9.88. The van der Waals surface area contributed by atoms with E-state index < -0.39 is 0 Å². The molecular weight excluding hydrogens is 322 g/mol. The van der Waals surface area contributed by atoms with Crippen molar-refractivity contribution in [1.82, 2.24) is 5.32 Å². The lowest BCUT2D eigenvalue weighted by molar-refractivity contribution is 0.667. The molecule has 0 spiro atoms. The maximum absolute atomic E-state index is 3.62. The Morgan fingerprint density at radius 2 is 1.71 bits per heavy atom. The van der Waals surface area contributed by atoms with Crippen LogP contribution >= 0.6 is 15.9 Å². The fraction of sp³-hybridized carbons (Fsp3) is 0.368. The van der Waals surface area contributed by atoms with E-state index in [-0.39, 0.29) is 6.04 Å². The summed E-state index contributed by atoms with van der Waals surface area (Å²) in [6.45, 7) is 2.15. The van der Waals surface area contributed by atoms with Crippen LogP contribution in [-0.2, 0) is 12.8 Å². The van der Waals surface area contributed by atoms with Gasteiger partial charge in [-0.1, -0.05) is 40.2 Å². The number of nitrogens with one attached hydrogen (secondary N) is 1. The molecule has 1 nitrogen and oxygen atoms in total. The molecule has 1 N–H and O–H groups in total. The fourth-order valence-electron chi connectivity index (χ4n) is 3.39. The molecule has 0 heterocycles. The minimum Gasteiger partial charge on any atom is -0.309 e. The molecule has 0 saturated carbocycles. The standard InChI is InChI=1S/C19H22BrN/c1-13-9-17(12-18(20)10-13)19(21-2)16-8-7-14-5-3-4-6-15(14)11-16/h7-12,19,21H,3-6H2,1-2H3. The van der Waals surface area contributed by atoms with Crippen molar-refractivity contribution in [2.45, 2.75) is 38.6 Å². The van der Waals surface area contributed by atoms with Crippen LogP contribution in [0.4, 0.5) is 0 Å². The van der Waals surface area contributed by atoms with Gasteiger partial charge in [0.05, 0.1) is 6.04 Å². The highest BCUT2D eigenvalue weighted by molar-refractivity contribution is 9.10. The third kappa shape index (κ3) is 3.22. The van der Waals surface area contributed by atoms with Crippen molar-refractivity contribution in [1.29, 1.82) is 0 Å². The molecule has 1 aliphatic rings. The largest absolute Gasteiger partial charge is 0.309 e. The van der Waals surface area contributed by atoms with Crippen LogP contribution in [0.15, 0.2) is 40.9 Å². The van der Waals surface area contributed by atoms with Gasteiger partial charge in [-0.25, -0.2) is 0 Å². The van der Waals surface area contributed by atoms with Crippen molar-refractivity contribution in [2.75, 3.05) is 7.05 Å². The Labute approximate surface area is 135 Å². The number of fused-ring (bicyclic) bond motifs is 1. The second kappa shape index (κ2) is 6.33. The molecule has 0 saturated heterocycles.